The Bertz CT molecular complexity index is 1010. The lowest BCUT2D eigenvalue weighted by atomic mass is 9.95. The normalized spacial score (nSPS) is 23.3. The first-order valence-corrected chi connectivity index (χ1v) is 12.6. The van der Waals surface area contributed by atoms with E-state index in [4.69, 9.17) is 0 Å². The average Bonchev–Trinajstić information content (AvgIpc) is 3.01. The molecule has 9 heteroatoms. The Kier molecular flexibility index (Phi) is 5.60. The van der Waals surface area contributed by atoms with E-state index in [1.54, 1.807) is 18.3 Å². The molecule has 142 valence electrons. The molecule has 1 fully saturated rings. The van der Waals surface area contributed by atoms with E-state index in [9.17, 15) is 12.6 Å². The minimum atomic E-state index is -3.94. The molecule has 0 aliphatic heterocycles. The Morgan fingerprint density at radius 1 is 1.19 bits per heavy atom. The van der Waals surface area contributed by atoms with Gasteiger partial charge in [0.05, 0.1) is 31.3 Å². The summed E-state index contributed by atoms with van der Waals surface area (Å²) in [6, 6.07) is 6.56. The summed E-state index contributed by atoms with van der Waals surface area (Å²) < 4.78 is 45.0. The van der Waals surface area contributed by atoms with Gasteiger partial charge in [-0.05, 0) is 54.2 Å². The largest absolute Gasteiger partial charge is 0.290 e. The van der Waals surface area contributed by atoms with Gasteiger partial charge < -0.3 is 0 Å². The standard InChI is InChI=1S/C17H22BrN3O3S2/c1-13-6-8-16(9-7-13)26(23,24)20-25(2,22)17-5-3-4-15(10-17)21-12-14(18)11-19-21/h6-9,11-12,15,17H,3-5,10H2,1-2H3. The lowest BCUT2D eigenvalue weighted by Crippen LogP contribution is -2.29. The van der Waals surface area contributed by atoms with Gasteiger partial charge in [-0.25, -0.2) is 4.21 Å². The summed E-state index contributed by atoms with van der Waals surface area (Å²) in [5, 5.41) is 4.04. The molecule has 1 saturated carbocycles. The van der Waals surface area contributed by atoms with Gasteiger partial charge in [-0.15, -0.1) is 3.77 Å². The van der Waals surface area contributed by atoms with Crippen LogP contribution in [0.4, 0.5) is 0 Å². The van der Waals surface area contributed by atoms with Crippen molar-refractivity contribution in [3.05, 3.63) is 46.7 Å². The Morgan fingerprint density at radius 2 is 1.88 bits per heavy atom. The number of aromatic nitrogens is 2. The Labute approximate surface area is 163 Å². The zero-order valence-electron chi connectivity index (χ0n) is 14.7. The van der Waals surface area contributed by atoms with E-state index in [1.165, 1.54) is 18.4 Å². The molecular formula is C17H22BrN3O3S2. The van der Waals surface area contributed by atoms with Gasteiger partial charge in [0.2, 0.25) is 0 Å². The average molecular weight is 460 g/mol. The molecule has 26 heavy (non-hydrogen) atoms. The van der Waals surface area contributed by atoms with Gasteiger partial charge in [0.15, 0.2) is 0 Å². The third kappa shape index (κ3) is 4.37. The van der Waals surface area contributed by atoms with E-state index in [1.807, 2.05) is 17.8 Å². The van der Waals surface area contributed by atoms with Crippen LogP contribution in [0.25, 0.3) is 0 Å². The molecule has 0 saturated heterocycles. The molecule has 6 nitrogen and oxygen atoms in total. The second-order valence-electron chi connectivity index (χ2n) is 6.80. The topological polar surface area (TPSA) is 81.4 Å². The van der Waals surface area contributed by atoms with E-state index < -0.39 is 19.8 Å². The molecule has 0 amide bonds. The van der Waals surface area contributed by atoms with Crippen molar-refractivity contribution < 1.29 is 12.6 Å². The van der Waals surface area contributed by atoms with Gasteiger partial charge >= 0.3 is 0 Å². The zero-order valence-corrected chi connectivity index (χ0v) is 17.9. The van der Waals surface area contributed by atoms with Crippen LogP contribution in [0, 0.1) is 6.92 Å². The van der Waals surface area contributed by atoms with Crippen LogP contribution in [-0.2, 0) is 19.8 Å². The molecule has 1 heterocycles. The third-order valence-electron chi connectivity index (χ3n) is 4.73. The zero-order chi connectivity index (χ0) is 18.9. The summed E-state index contributed by atoms with van der Waals surface area (Å²) in [6.45, 7) is 1.88. The van der Waals surface area contributed by atoms with Crippen LogP contribution in [0.5, 0.6) is 0 Å². The SMILES string of the molecule is Cc1ccc(S(=O)(=O)N=S(C)(=O)C2CCCC(n3cc(Br)cn3)C2)cc1. The number of hydrogen-bond donors (Lipinski definition) is 0. The molecule has 1 aliphatic carbocycles. The smallest absolute Gasteiger partial charge is 0.268 e. The molecule has 0 spiro atoms. The maximum absolute atomic E-state index is 13.2. The van der Waals surface area contributed by atoms with E-state index >= 15 is 0 Å². The molecule has 3 atom stereocenters. The third-order valence-corrected chi connectivity index (χ3v) is 9.64. The number of hydrogen-bond acceptors (Lipinski definition) is 4. The van der Waals surface area contributed by atoms with Crippen molar-refractivity contribution in [1.82, 2.24) is 9.78 Å². The second-order valence-corrected chi connectivity index (χ2v) is 12.1. The summed E-state index contributed by atoms with van der Waals surface area (Å²) in [5.74, 6) is 0. The Balaban J connectivity index is 1.87. The number of halogens is 1. The first-order valence-electron chi connectivity index (χ1n) is 8.41. The van der Waals surface area contributed by atoms with Crippen LogP contribution < -0.4 is 0 Å². The highest BCUT2D eigenvalue weighted by Crippen LogP contribution is 2.33. The molecular weight excluding hydrogens is 438 g/mol. The van der Waals surface area contributed by atoms with Crippen molar-refractivity contribution in [3.63, 3.8) is 0 Å². The maximum Gasteiger partial charge on any atom is 0.290 e. The summed E-state index contributed by atoms with van der Waals surface area (Å²) >= 11 is 3.39. The highest BCUT2D eigenvalue weighted by atomic mass is 79.9. The minimum Gasteiger partial charge on any atom is -0.268 e. The van der Waals surface area contributed by atoms with Crippen molar-refractivity contribution in [1.29, 1.82) is 0 Å². The van der Waals surface area contributed by atoms with Crippen molar-refractivity contribution >= 4 is 35.7 Å². The lowest BCUT2D eigenvalue weighted by molar-refractivity contribution is 0.332. The van der Waals surface area contributed by atoms with Gasteiger partial charge in [-0.1, -0.05) is 24.1 Å². The fourth-order valence-electron chi connectivity index (χ4n) is 3.28. The number of rotatable bonds is 4. The van der Waals surface area contributed by atoms with Crippen molar-refractivity contribution in [2.75, 3.05) is 6.26 Å². The van der Waals surface area contributed by atoms with Crippen molar-refractivity contribution in [2.45, 2.75) is 48.8 Å². The maximum atomic E-state index is 13.2. The first-order chi connectivity index (χ1) is 12.2. The highest BCUT2D eigenvalue weighted by Gasteiger charge is 2.31. The number of aryl methyl sites for hydroxylation is 1. The molecule has 1 aromatic heterocycles. The lowest BCUT2D eigenvalue weighted by Gasteiger charge is -2.29. The van der Waals surface area contributed by atoms with Gasteiger partial charge in [-0.3, -0.25) is 4.68 Å². The van der Waals surface area contributed by atoms with Crippen LogP contribution in [-0.4, -0.2) is 33.9 Å². The summed E-state index contributed by atoms with van der Waals surface area (Å²) in [6.07, 6.45) is 8.20. The second kappa shape index (κ2) is 7.44. The van der Waals surface area contributed by atoms with Crippen LogP contribution in [0.1, 0.15) is 37.3 Å². The van der Waals surface area contributed by atoms with Crippen molar-refractivity contribution in [3.8, 4) is 0 Å². The highest BCUT2D eigenvalue weighted by molar-refractivity contribution is 9.10. The molecule has 3 rings (SSSR count). The van der Waals surface area contributed by atoms with E-state index in [-0.39, 0.29) is 16.2 Å². The number of benzene rings is 1. The van der Waals surface area contributed by atoms with Crippen LogP contribution in [0.2, 0.25) is 0 Å². The number of sulfonamides is 1. The number of nitrogens with zero attached hydrogens (tertiary/aromatic N) is 3. The summed E-state index contributed by atoms with van der Waals surface area (Å²) in [5.41, 5.74) is 0.960. The quantitative estimate of drug-likeness (QED) is 0.693. The van der Waals surface area contributed by atoms with E-state index in [0.717, 1.165) is 22.9 Å². The predicted molar refractivity (Wildman–Crippen MR) is 106 cm³/mol. The van der Waals surface area contributed by atoms with Gasteiger partial charge in [0.25, 0.3) is 10.0 Å². The molecule has 2 aromatic rings. The van der Waals surface area contributed by atoms with Crippen LogP contribution in [0.15, 0.2) is 49.8 Å². The monoisotopic (exact) mass is 459 g/mol. The molecule has 3 unspecified atom stereocenters. The van der Waals surface area contributed by atoms with E-state index in [0.29, 0.717) is 12.8 Å². The van der Waals surface area contributed by atoms with Gasteiger partial charge in [-0.2, -0.15) is 13.5 Å². The van der Waals surface area contributed by atoms with Crippen LogP contribution >= 0.6 is 15.9 Å². The Morgan fingerprint density at radius 3 is 2.50 bits per heavy atom. The fraction of sp³-hybridized carbons (Fsp3) is 0.471. The predicted octanol–water partition coefficient (Wildman–Crippen LogP) is 3.92. The van der Waals surface area contributed by atoms with Crippen LogP contribution in [0.3, 0.4) is 0 Å². The fourth-order valence-corrected chi connectivity index (χ4v) is 7.64. The first kappa shape index (κ1) is 19.6. The molecule has 0 radical (unpaired) electrons. The Hall–Kier alpha value is -1.19. The molecule has 0 bridgehead atoms. The molecule has 0 N–H and O–H groups in total. The summed E-state index contributed by atoms with van der Waals surface area (Å²) in [4.78, 5) is 0.0843. The summed E-state index contributed by atoms with van der Waals surface area (Å²) in [7, 11) is -6.84. The van der Waals surface area contributed by atoms with E-state index in [2.05, 4.69) is 24.8 Å². The molecule has 1 aromatic carbocycles. The minimum absolute atomic E-state index is 0.0843. The van der Waals surface area contributed by atoms with Gasteiger partial charge in [0.1, 0.15) is 0 Å². The van der Waals surface area contributed by atoms with Gasteiger partial charge in [0, 0.05) is 17.7 Å². The van der Waals surface area contributed by atoms with Crippen molar-refractivity contribution in [2.24, 2.45) is 3.77 Å². The molecule has 1 aliphatic rings.